The number of carboxylic acids is 3. The number of β-lactam (4-membered cyclic amide) rings is 1. The second-order valence-electron chi connectivity index (χ2n) is 11.5. The van der Waals surface area contributed by atoms with Crippen LogP contribution >= 0.6 is 11.8 Å². The molecule has 0 unspecified atom stereocenters. The Balaban J connectivity index is 0.000000446. The first-order valence-electron chi connectivity index (χ1n) is 14.3. The zero-order valence-corrected chi connectivity index (χ0v) is 29.0. The molecule has 17 heteroatoms. The van der Waals surface area contributed by atoms with Crippen molar-refractivity contribution < 1.29 is 74.0 Å². The van der Waals surface area contributed by atoms with Crippen molar-refractivity contribution in [2.75, 3.05) is 24.6 Å². The van der Waals surface area contributed by atoms with Crippen molar-refractivity contribution in [2.45, 2.75) is 71.1 Å². The minimum atomic E-state index is -1.39. The molecule has 0 aromatic rings. The normalized spacial score (nSPS) is 22.7. The minimum Gasteiger partial charge on any atom is -0.543 e. The molecule has 0 bridgehead atoms. The number of carbonyl (C=O) groups is 5. The van der Waals surface area contributed by atoms with E-state index in [1.807, 2.05) is 13.8 Å². The van der Waals surface area contributed by atoms with Gasteiger partial charge in [0.1, 0.15) is 11.7 Å². The molecule has 9 N–H and O–H groups in total. The van der Waals surface area contributed by atoms with E-state index in [2.05, 4.69) is 15.6 Å². The van der Waals surface area contributed by atoms with Gasteiger partial charge >= 0.3 is 41.5 Å². The van der Waals surface area contributed by atoms with Gasteiger partial charge in [0, 0.05) is 30.3 Å². The van der Waals surface area contributed by atoms with Crippen molar-refractivity contribution in [1.82, 2.24) is 15.5 Å². The van der Waals surface area contributed by atoms with E-state index < -0.39 is 36.0 Å². The topological polar surface area (TPSA) is 261 Å². The number of fused-ring (bicyclic) bond motifs is 1. The smallest absolute Gasteiger partial charge is 0.543 e. The molecule has 0 aromatic carbocycles. The number of hydrogen-bond donors (Lipinski definition) is 7. The average molecular weight is 663 g/mol. The molecule has 3 rings (SSSR count). The summed E-state index contributed by atoms with van der Waals surface area (Å²) in [7, 11) is 0. The third kappa shape index (κ3) is 11.6. The standard InChI is InChI=1S/C16H26N2O5S.C12H18N4O4.Na/c1-16(2)8-10(16)13(19)18-12(15(22)23)6-4-3-5-7-24-9-11(17)14(20)21;1-6(17)9-8-4-7(15-3-2-14-5-13)10(12(19)20)16(8)11(9)18;/h6,10-11H,3-5,7-9,17H2,1-2H3,(H,18,19)(H,20,21)(H,22,23);5-6,8-9,15,17H,2-4H2,1H3,(H2,13,14)(H,19,20);/q;;+1/p-1/b12-6-;;/t10-,11+;6-,8-,9+;/m11./s1. The fourth-order valence-electron chi connectivity index (χ4n) is 4.97. The first-order valence-corrected chi connectivity index (χ1v) is 15.5. The minimum absolute atomic E-state index is 0. The van der Waals surface area contributed by atoms with Gasteiger partial charge in [0.05, 0.1) is 42.6 Å². The molecular weight excluding hydrogens is 619 g/mol. The van der Waals surface area contributed by atoms with Gasteiger partial charge in [-0.05, 0) is 43.8 Å². The maximum atomic E-state index is 11.9. The summed E-state index contributed by atoms with van der Waals surface area (Å²) in [5, 5.41) is 44.0. The Kier molecular flexibility index (Phi) is 16.6. The Bertz CT molecular complexity index is 1190. The summed E-state index contributed by atoms with van der Waals surface area (Å²) in [5.41, 5.74) is 10.7. The van der Waals surface area contributed by atoms with Crippen LogP contribution in [0.15, 0.2) is 28.2 Å². The summed E-state index contributed by atoms with van der Waals surface area (Å²) in [5.74, 6) is -3.72. The number of aliphatic imine (C=N–C) groups is 1. The molecule has 1 saturated heterocycles. The van der Waals surface area contributed by atoms with E-state index in [1.54, 1.807) is 6.92 Å². The molecule has 2 fully saturated rings. The molecule has 246 valence electrons. The number of aliphatic carboxylic acids is 3. The van der Waals surface area contributed by atoms with Crippen LogP contribution in [0, 0.1) is 17.3 Å². The molecule has 0 radical (unpaired) electrons. The van der Waals surface area contributed by atoms with E-state index in [4.69, 9.17) is 16.6 Å². The molecule has 2 aliphatic heterocycles. The summed E-state index contributed by atoms with van der Waals surface area (Å²) in [6.45, 7) is 6.34. The number of hydrogen-bond acceptors (Lipinski definition) is 11. The number of carboxylic acid groups (broad SMARTS) is 3. The third-order valence-electron chi connectivity index (χ3n) is 7.63. The van der Waals surface area contributed by atoms with E-state index in [-0.39, 0.29) is 70.1 Å². The van der Waals surface area contributed by atoms with Gasteiger partial charge in [0.2, 0.25) is 11.8 Å². The van der Waals surface area contributed by atoms with Gasteiger partial charge in [-0.2, -0.15) is 11.8 Å². The molecule has 15 nitrogen and oxygen atoms in total. The number of carbonyl (C=O) groups excluding carboxylic acids is 3. The SMILES string of the molecule is CC1(C)C[C@@H]1C(=O)N/C(=C\CCCCSC[C@H](N)C(=O)O)C(=O)[O-].C[C@@H](O)[C@@H]1C(=O)N2C(C(=O)O)=C(NCCN=CN)C[C@H]12.[Na+]. The predicted molar refractivity (Wildman–Crippen MR) is 161 cm³/mol. The molecule has 5 atom stereocenters. The van der Waals surface area contributed by atoms with E-state index in [9.17, 15) is 39.3 Å². The van der Waals surface area contributed by atoms with Crippen LogP contribution in [0.5, 0.6) is 0 Å². The van der Waals surface area contributed by atoms with Crippen molar-refractivity contribution in [1.29, 1.82) is 0 Å². The molecule has 1 aliphatic carbocycles. The zero-order valence-electron chi connectivity index (χ0n) is 26.2. The summed E-state index contributed by atoms with van der Waals surface area (Å²) in [6, 6.07) is -1.13. The predicted octanol–water partition coefficient (Wildman–Crippen LogP) is -4.43. The number of rotatable bonds is 17. The molecule has 45 heavy (non-hydrogen) atoms. The van der Waals surface area contributed by atoms with Gasteiger partial charge < -0.3 is 47.3 Å². The van der Waals surface area contributed by atoms with Crippen LogP contribution in [-0.2, 0) is 24.0 Å². The van der Waals surface area contributed by atoms with Crippen molar-refractivity contribution in [3.8, 4) is 0 Å². The number of nitrogens with zero attached hydrogens (tertiary/aromatic N) is 2. The Morgan fingerprint density at radius 1 is 1.24 bits per heavy atom. The fourth-order valence-corrected chi connectivity index (χ4v) is 5.94. The molecule has 0 aromatic heterocycles. The molecular formula is C28H43N6NaO9S. The Morgan fingerprint density at radius 2 is 1.89 bits per heavy atom. The summed E-state index contributed by atoms with van der Waals surface area (Å²) in [4.78, 5) is 61.8. The van der Waals surface area contributed by atoms with Gasteiger partial charge in [0.25, 0.3) is 0 Å². The van der Waals surface area contributed by atoms with Crippen molar-refractivity contribution in [2.24, 2.45) is 33.7 Å². The van der Waals surface area contributed by atoms with E-state index in [1.165, 1.54) is 29.1 Å². The van der Waals surface area contributed by atoms with Crippen LogP contribution in [0.3, 0.4) is 0 Å². The zero-order chi connectivity index (χ0) is 33.2. The third-order valence-corrected chi connectivity index (χ3v) is 8.80. The second-order valence-corrected chi connectivity index (χ2v) is 12.7. The van der Waals surface area contributed by atoms with Crippen LogP contribution < -0.4 is 56.8 Å². The maximum absolute atomic E-state index is 11.9. The van der Waals surface area contributed by atoms with Crippen molar-refractivity contribution in [3.63, 3.8) is 0 Å². The van der Waals surface area contributed by atoms with E-state index in [0.29, 0.717) is 37.4 Å². The number of nitrogens with two attached hydrogens (primary N) is 2. The largest absolute Gasteiger partial charge is 1.00 e. The molecule has 1 saturated carbocycles. The Labute approximate surface area is 288 Å². The number of nitrogens with one attached hydrogen (secondary N) is 2. The number of allylic oxidation sites excluding steroid dienone is 1. The van der Waals surface area contributed by atoms with Crippen molar-refractivity contribution >= 4 is 47.8 Å². The second kappa shape index (κ2) is 18.5. The summed E-state index contributed by atoms with van der Waals surface area (Å²) >= 11 is 1.45. The first-order chi connectivity index (χ1) is 20.6. The first kappa shape index (κ1) is 40.4. The number of unbranched alkanes of at least 4 members (excludes halogenated alkanes) is 2. The molecule has 2 amide bonds. The molecule has 0 spiro atoms. The van der Waals surface area contributed by atoms with E-state index in [0.717, 1.165) is 25.0 Å². The van der Waals surface area contributed by atoms with Crippen LogP contribution in [0.25, 0.3) is 0 Å². The molecule has 3 aliphatic rings. The number of aliphatic hydroxyl groups is 1. The van der Waals surface area contributed by atoms with Crippen molar-refractivity contribution in [3.05, 3.63) is 23.2 Å². The number of amides is 2. The number of aliphatic hydroxyl groups excluding tert-OH is 1. The fraction of sp³-hybridized carbons (Fsp3) is 0.643. The summed E-state index contributed by atoms with van der Waals surface area (Å²) in [6.07, 6.45) is 5.08. The summed E-state index contributed by atoms with van der Waals surface area (Å²) < 4.78 is 0. The van der Waals surface area contributed by atoms with Crippen LogP contribution in [0.2, 0.25) is 0 Å². The van der Waals surface area contributed by atoms with Gasteiger partial charge in [0.15, 0.2) is 0 Å². The van der Waals surface area contributed by atoms with Crippen LogP contribution in [0.1, 0.15) is 52.9 Å². The van der Waals surface area contributed by atoms with Gasteiger partial charge in [-0.3, -0.25) is 24.3 Å². The average Bonchev–Trinajstić information content (AvgIpc) is 3.46. The van der Waals surface area contributed by atoms with Gasteiger partial charge in [-0.1, -0.05) is 19.9 Å². The quantitative estimate of drug-likeness (QED) is 0.0194. The molecule has 2 heterocycles. The Morgan fingerprint density at radius 3 is 2.40 bits per heavy atom. The number of thioether (sulfide) groups is 1. The monoisotopic (exact) mass is 662 g/mol. The van der Waals surface area contributed by atoms with Gasteiger partial charge in [-0.15, -0.1) is 0 Å². The van der Waals surface area contributed by atoms with Crippen LogP contribution in [0.4, 0.5) is 0 Å². The maximum Gasteiger partial charge on any atom is 1.00 e. The Hall–Kier alpha value is -2.63. The van der Waals surface area contributed by atoms with E-state index >= 15 is 0 Å². The van der Waals surface area contributed by atoms with Crippen LogP contribution in [-0.4, -0.2) is 99.1 Å². The van der Waals surface area contributed by atoms with Gasteiger partial charge in [-0.25, -0.2) is 4.79 Å².